The van der Waals surface area contributed by atoms with Crippen molar-refractivity contribution in [3.05, 3.63) is 106 Å². The molecule has 0 aliphatic carbocycles. The van der Waals surface area contributed by atoms with Crippen molar-refractivity contribution in [2.75, 3.05) is 56.4 Å². The smallest absolute Gasteiger partial charge is 0.259 e. The molecule has 0 saturated carbocycles. The Kier molecular flexibility index (Phi) is 17.7. The average molecular weight is 991 g/mol. The first kappa shape index (κ1) is 53.3. The Labute approximate surface area is 421 Å². The van der Waals surface area contributed by atoms with E-state index in [9.17, 15) is 24.0 Å². The molecule has 0 spiro atoms. The molecule has 0 radical (unpaired) electrons. The van der Waals surface area contributed by atoms with Gasteiger partial charge in [0, 0.05) is 44.5 Å². The zero-order valence-electron chi connectivity index (χ0n) is 41.8. The monoisotopic (exact) mass is 990 g/mol. The molecule has 2 saturated heterocycles. The van der Waals surface area contributed by atoms with Gasteiger partial charge in [0.25, 0.3) is 5.91 Å². The second-order valence-corrected chi connectivity index (χ2v) is 21.0. The zero-order chi connectivity index (χ0) is 50.9. The summed E-state index contributed by atoms with van der Waals surface area (Å²) in [4.78, 5) is 82.8. The Bertz CT molecular complexity index is 2580. The molecule has 3 aromatic carbocycles. The van der Waals surface area contributed by atoms with Crippen molar-refractivity contribution in [2.45, 2.75) is 105 Å². The van der Waals surface area contributed by atoms with Crippen molar-refractivity contribution in [1.29, 1.82) is 0 Å². The molecule has 3 atom stereocenters. The Hall–Kier alpha value is -6.06. The predicted molar refractivity (Wildman–Crippen MR) is 278 cm³/mol. The summed E-state index contributed by atoms with van der Waals surface area (Å²) >= 11 is 7.42. The molecule has 2 aliphatic heterocycles. The second-order valence-electron chi connectivity index (χ2n) is 19.8. The highest BCUT2D eigenvalue weighted by atomic mass is 32.1. The van der Waals surface area contributed by atoms with Gasteiger partial charge >= 0.3 is 0 Å². The van der Waals surface area contributed by atoms with Crippen LogP contribution in [0, 0.1) is 31.8 Å². The quantitative estimate of drug-likeness (QED) is 0.0509. The lowest BCUT2D eigenvalue weighted by atomic mass is 9.85. The number of likely N-dealkylation sites (N-methyl/N-ethyl adjacent to an activating group) is 1. The van der Waals surface area contributed by atoms with Crippen molar-refractivity contribution in [2.24, 2.45) is 11.3 Å². The third-order valence-corrected chi connectivity index (χ3v) is 14.2. The van der Waals surface area contributed by atoms with Gasteiger partial charge in [0.2, 0.25) is 23.6 Å². The van der Waals surface area contributed by atoms with E-state index >= 15 is 0 Å². The van der Waals surface area contributed by atoms with E-state index in [1.807, 2.05) is 120 Å². The Morgan fingerprint density at radius 2 is 1.66 bits per heavy atom. The molecule has 0 unspecified atom stereocenters. The summed E-state index contributed by atoms with van der Waals surface area (Å²) in [6.45, 7) is 24.0. The highest BCUT2D eigenvalue weighted by molar-refractivity contribution is 7.81. The predicted octanol–water partition coefficient (Wildman–Crippen LogP) is 7.79. The van der Waals surface area contributed by atoms with E-state index in [1.165, 1.54) is 4.90 Å². The minimum Gasteiger partial charge on any atom is -0.377 e. The number of thiazole rings is 1. The van der Waals surface area contributed by atoms with Crippen LogP contribution in [0.15, 0.2) is 72.2 Å². The van der Waals surface area contributed by atoms with Gasteiger partial charge in [-0.3, -0.25) is 28.9 Å². The van der Waals surface area contributed by atoms with Gasteiger partial charge in [-0.1, -0.05) is 70.2 Å². The maximum Gasteiger partial charge on any atom is 0.259 e. The molecule has 0 bridgehead atoms. The van der Waals surface area contributed by atoms with Crippen molar-refractivity contribution in [1.82, 2.24) is 25.4 Å². The highest BCUT2D eigenvalue weighted by Gasteiger charge is 2.50. The summed E-state index contributed by atoms with van der Waals surface area (Å²) in [7, 11) is 1.74. The molecule has 1 aromatic heterocycles. The van der Waals surface area contributed by atoms with Gasteiger partial charge < -0.3 is 34.8 Å². The Morgan fingerprint density at radius 1 is 0.986 bits per heavy atom. The number of likely N-dealkylation sites (tertiary alicyclic amines) is 1. The lowest BCUT2D eigenvalue weighted by Gasteiger charge is -2.35. The average Bonchev–Trinajstić information content (AvgIpc) is 3.99. The minimum absolute atomic E-state index is 0.00183. The molecule has 2 aliphatic rings. The van der Waals surface area contributed by atoms with Gasteiger partial charge in [0.15, 0.2) is 10.8 Å². The first-order valence-electron chi connectivity index (χ1n) is 23.7. The van der Waals surface area contributed by atoms with Crippen LogP contribution in [0.3, 0.4) is 0 Å². The fraction of sp³-hybridized carbons (Fsp3) is 0.472. The molecule has 2 N–H and O–H groups in total. The summed E-state index contributed by atoms with van der Waals surface area (Å²) in [5.74, 6) is -1.01. The number of hydrogen-bond donors (Lipinski definition) is 2. The number of amides is 5. The number of carbonyl (C=O) groups excluding carboxylic acids is 5. The summed E-state index contributed by atoms with van der Waals surface area (Å²) in [6.07, 6.45) is 2.23. The highest BCUT2D eigenvalue weighted by Crippen LogP contribution is 2.38. The third kappa shape index (κ3) is 12.8. The van der Waals surface area contributed by atoms with Gasteiger partial charge in [-0.25, -0.2) is 9.83 Å². The maximum atomic E-state index is 14.1. The van der Waals surface area contributed by atoms with Gasteiger partial charge in [0.05, 0.1) is 42.5 Å². The van der Waals surface area contributed by atoms with Crippen LogP contribution in [-0.2, 0) is 46.4 Å². The number of ether oxygens (including phenoxy) is 2. The first-order chi connectivity index (χ1) is 33.2. The molecule has 4 aromatic rings. The molecular weight excluding hydrogens is 925 g/mol. The Morgan fingerprint density at radius 3 is 2.30 bits per heavy atom. The fourth-order valence-electron chi connectivity index (χ4n) is 8.73. The molecular formula is C53H66N8O7S2. The molecule has 372 valence electrons. The number of carbonyl (C=O) groups is 5. The summed E-state index contributed by atoms with van der Waals surface area (Å²) < 4.78 is 11.3. The van der Waals surface area contributed by atoms with Gasteiger partial charge in [-0.05, 0) is 117 Å². The number of benzene rings is 3. The number of nitrogens with one attached hydrogen (secondary N) is 2. The van der Waals surface area contributed by atoms with Crippen LogP contribution in [0.5, 0.6) is 0 Å². The molecule has 5 amide bonds. The molecule has 6 rings (SSSR count). The maximum absolute atomic E-state index is 14.1. The van der Waals surface area contributed by atoms with E-state index in [2.05, 4.69) is 20.5 Å². The molecule has 3 heterocycles. The zero-order valence-corrected chi connectivity index (χ0v) is 43.4. The second kappa shape index (κ2) is 23.2. The lowest BCUT2D eigenvalue weighted by Crippen LogP contribution is -2.58. The van der Waals surface area contributed by atoms with Crippen LogP contribution in [-0.4, -0.2) is 114 Å². The lowest BCUT2D eigenvalue weighted by molar-refractivity contribution is -0.144. The Balaban J connectivity index is 0.871. The van der Waals surface area contributed by atoms with E-state index < -0.39 is 28.9 Å². The molecule has 15 nitrogen and oxygen atoms in total. The largest absolute Gasteiger partial charge is 0.377 e. The van der Waals surface area contributed by atoms with Crippen LogP contribution < -0.4 is 20.4 Å². The standard InChI is InChI=1S/C53H66N8O7S2/c1-34-28-43(48(64)55-30-38-14-18-39(19-15-38)46-36(3)56-33-70-46)59(31-34)49(65)47(52(4,5)6)57-44(62)32-68-27-26-67-25-24-58(10)45(63)13-11-12-37-16-20-40(21-17-37)61-51(69)60(50(66)53(61,7)8)41-22-23-42(54-9)35(2)29-41/h14-23,29,33-34,43,47H,11-13,24-28,30-32H2,1-8,10H3,(H,55,64)(H,57,62)/t34-,43+,47-/m1/s1. The first-order valence-corrected chi connectivity index (χ1v) is 25.0. The van der Waals surface area contributed by atoms with E-state index in [4.69, 9.17) is 28.3 Å². The number of aryl methyl sites for hydroxylation is 3. The number of nitrogens with zero attached hydrogens (tertiary/aromatic N) is 6. The van der Waals surface area contributed by atoms with E-state index in [-0.39, 0.29) is 49.4 Å². The number of thiocarbonyl (C=S) groups is 1. The third-order valence-electron chi connectivity index (χ3n) is 12.8. The van der Waals surface area contributed by atoms with Crippen LogP contribution >= 0.6 is 23.6 Å². The van der Waals surface area contributed by atoms with Crippen molar-refractivity contribution >= 4 is 75.3 Å². The number of hydrogen-bond acceptors (Lipinski definition) is 10. The van der Waals surface area contributed by atoms with Crippen molar-refractivity contribution < 1.29 is 33.4 Å². The van der Waals surface area contributed by atoms with Crippen LogP contribution in [0.4, 0.5) is 17.1 Å². The normalized spacial score (nSPS) is 17.1. The SMILES string of the molecule is [C-]#[N+]c1ccc(N2C(=O)C(C)(C)N(c3ccc(CCCC(=O)N(C)CCOCCOCC(=O)N[C@H](C(=O)N4C[C@H](C)C[C@H]4C(=O)NCc4ccc(-c5scnc5C)cc4)C(C)(C)C)cc3)C2=S)cc1C. The molecule has 17 heteroatoms. The minimum atomic E-state index is -0.923. The molecule has 2 fully saturated rings. The fourth-order valence-corrected chi connectivity index (χ4v) is 10.1. The summed E-state index contributed by atoms with van der Waals surface area (Å²) in [5.41, 5.74) is 7.04. The van der Waals surface area contributed by atoms with Crippen molar-refractivity contribution in [3.8, 4) is 10.4 Å². The number of rotatable bonds is 20. The van der Waals surface area contributed by atoms with E-state index in [0.717, 1.165) is 38.5 Å². The topological polar surface area (TPSA) is 158 Å². The number of aromatic nitrogens is 1. The van der Waals surface area contributed by atoms with E-state index in [1.54, 1.807) is 40.3 Å². The van der Waals surface area contributed by atoms with Gasteiger partial charge in [-0.2, -0.15) is 0 Å². The van der Waals surface area contributed by atoms with Gasteiger partial charge in [0.1, 0.15) is 24.2 Å². The van der Waals surface area contributed by atoms with Gasteiger partial charge in [-0.15, -0.1) is 11.3 Å². The van der Waals surface area contributed by atoms with Crippen LogP contribution in [0.1, 0.15) is 83.2 Å². The molecule has 70 heavy (non-hydrogen) atoms. The van der Waals surface area contributed by atoms with Crippen LogP contribution in [0.2, 0.25) is 0 Å². The number of anilines is 2. The van der Waals surface area contributed by atoms with E-state index in [0.29, 0.717) is 68.4 Å². The van der Waals surface area contributed by atoms with Crippen LogP contribution in [0.25, 0.3) is 15.3 Å². The summed E-state index contributed by atoms with van der Waals surface area (Å²) in [5, 5.41) is 6.27. The van der Waals surface area contributed by atoms with Crippen molar-refractivity contribution in [3.63, 3.8) is 0 Å². The summed E-state index contributed by atoms with van der Waals surface area (Å²) in [6, 6.07) is 19.6.